The molecule has 0 spiro atoms. The molecule has 3 heterocycles. The van der Waals surface area contributed by atoms with Gasteiger partial charge in [0.05, 0.1) is 34.6 Å². The van der Waals surface area contributed by atoms with Gasteiger partial charge in [-0.2, -0.15) is 0 Å². The fourth-order valence-corrected chi connectivity index (χ4v) is 11.2. The zero-order valence-corrected chi connectivity index (χ0v) is 27.4. The van der Waals surface area contributed by atoms with Crippen molar-refractivity contribution in [2.75, 3.05) is 0 Å². The van der Waals surface area contributed by atoms with Crippen LogP contribution in [0.2, 0.25) is 0 Å². The quantitative estimate of drug-likeness (QED) is 0.280. The summed E-state index contributed by atoms with van der Waals surface area (Å²) in [5.41, 5.74) is 3.55. The lowest BCUT2D eigenvalue weighted by atomic mass is 9.42. The van der Waals surface area contributed by atoms with Crippen LogP contribution in [0.4, 0.5) is 0 Å². The van der Waals surface area contributed by atoms with E-state index in [0.717, 1.165) is 47.9 Å². The molecule has 1 aromatic carbocycles. The second kappa shape index (κ2) is 8.47. The Labute approximate surface area is 260 Å². The molecular formula is C37H49NO6. The summed E-state index contributed by atoms with van der Waals surface area (Å²) < 4.78 is 12.8. The number of fused-ring (bicyclic) bond motifs is 12. The lowest BCUT2D eigenvalue weighted by molar-refractivity contribution is -0.209. The molecule has 7 nitrogen and oxygen atoms in total. The van der Waals surface area contributed by atoms with Crippen LogP contribution < -0.4 is 0 Å². The van der Waals surface area contributed by atoms with Crippen molar-refractivity contribution < 1.29 is 29.9 Å². The number of aliphatic hydroxyl groups is 4. The molecule has 0 radical (unpaired) electrons. The van der Waals surface area contributed by atoms with Crippen molar-refractivity contribution in [3.63, 3.8) is 0 Å². The molecule has 2 aliphatic heterocycles. The molecule has 238 valence electrons. The molecule has 7 heteroatoms. The van der Waals surface area contributed by atoms with Gasteiger partial charge in [-0.1, -0.05) is 13.8 Å². The first kappa shape index (κ1) is 29.4. The number of ether oxygens (including phenoxy) is 2. The van der Waals surface area contributed by atoms with Crippen molar-refractivity contribution in [1.82, 2.24) is 4.98 Å². The third-order valence-corrected chi connectivity index (χ3v) is 13.2. The highest BCUT2D eigenvalue weighted by atomic mass is 16.5. The lowest BCUT2D eigenvalue weighted by Gasteiger charge is -2.65. The van der Waals surface area contributed by atoms with Crippen LogP contribution in [-0.2, 0) is 21.3 Å². The molecule has 2 fully saturated rings. The van der Waals surface area contributed by atoms with E-state index in [2.05, 4.69) is 64.7 Å². The maximum Gasteiger partial charge on any atom is 0.116 e. The summed E-state index contributed by atoms with van der Waals surface area (Å²) in [6.45, 7) is 16.3. The molecule has 0 saturated heterocycles. The molecule has 1 aromatic heterocycles. The Bertz CT molecular complexity index is 1660. The van der Waals surface area contributed by atoms with Crippen LogP contribution in [0.5, 0.6) is 0 Å². The second-order valence-corrected chi connectivity index (χ2v) is 17.0. The molecule has 4 aliphatic carbocycles. The molecule has 6 aliphatic rings. The minimum atomic E-state index is -1.20. The van der Waals surface area contributed by atoms with Crippen LogP contribution in [0.1, 0.15) is 110 Å². The first-order chi connectivity index (χ1) is 20.3. The fraction of sp³-hybridized carbons (Fsp3) is 0.676. The van der Waals surface area contributed by atoms with Crippen LogP contribution in [0, 0.1) is 17.3 Å². The smallest absolute Gasteiger partial charge is 0.116 e. The van der Waals surface area contributed by atoms with Crippen molar-refractivity contribution >= 4 is 16.5 Å². The number of aromatic nitrogens is 1. The van der Waals surface area contributed by atoms with Crippen molar-refractivity contribution in [3.05, 3.63) is 52.2 Å². The van der Waals surface area contributed by atoms with Crippen LogP contribution in [0.15, 0.2) is 29.9 Å². The van der Waals surface area contributed by atoms with E-state index in [0.29, 0.717) is 12.3 Å². The van der Waals surface area contributed by atoms with Crippen molar-refractivity contribution in [1.29, 1.82) is 0 Å². The van der Waals surface area contributed by atoms with Crippen LogP contribution in [0.25, 0.3) is 16.5 Å². The van der Waals surface area contributed by atoms with E-state index >= 15 is 0 Å². The minimum absolute atomic E-state index is 0.119. The highest BCUT2D eigenvalue weighted by Gasteiger charge is 2.70. The molecule has 8 rings (SSSR count). The summed E-state index contributed by atoms with van der Waals surface area (Å²) in [7, 11) is 0. The van der Waals surface area contributed by atoms with Gasteiger partial charge >= 0.3 is 0 Å². The normalized spacial score (nSPS) is 43.3. The van der Waals surface area contributed by atoms with Gasteiger partial charge < -0.3 is 34.9 Å². The van der Waals surface area contributed by atoms with Gasteiger partial charge in [0.25, 0.3) is 0 Å². The van der Waals surface area contributed by atoms with E-state index in [4.69, 9.17) is 9.47 Å². The predicted molar refractivity (Wildman–Crippen MR) is 169 cm³/mol. The third kappa shape index (κ3) is 3.44. The number of nitrogens with one attached hydrogen (secondary N) is 1. The molecule has 2 saturated carbocycles. The summed E-state index contributed by atoms with van der Waals surface area (Å²) in [6.07, 6.45) is 5.23. The Kier molecular flexibility index (Phi) is 5.66. The van der Waals surface area contributed by atoms with Gasteiger partial charge in [-0.3, -0.25) is 0 Å². The lowest BCUT2D eigenvalue weighted by Crippen LogP contribution is -2.68. The maximum absolute atomic E-state index is 12.8. The Balaban J connectivity index is 1.25. The first-order valence-corrected chi connectivity index (χ1v) is 16.6. The van der Waals surface area contributed by atoms with Crippen molar-refractivity contribution in [3.8, 4) is 0 Å². The zero-order chi connectivity index (χ0) is 31.6. The number of benzene rings is 1. The first-order valence-electron chi connectivity index (χ1n) is 16.6. The Morgan fingerprint density at radius 1 is 1.00 bits per heavy atom. The number of hydrogen-bond donors (Lipinski definition) is 5. The topological polar surface area (TPSA) is 115 Å². The molecule has 9 atom stereocenters. The summed E-state index contributed by atoms with van der Waals surface area (Å²) in [5, 5.41) is 47.4. The number of aliphatic hydroxyl groups excluding tert-OH is 2. The van der Waals surface area contributed by atoms with Gasteiger partial charge in [-0.15, -0.1) is 0 Å². The Morgan fingerprint density at radius 3 is 2.43 bits per heavy atom. The van der Waals surface area contributed by atoms with Gasteiger partial charge in [0.2, 0.25) is 0 Å². The van der Waals surface area contributed by atoms with E-state index in [1.807, 2.05) is 0 Å². The van der Waals surface area contributed by atoms with Crippen molar-refractivity contribution in [2.45, 2.75) is 140 Å². The average molecular weight is 604 g/mol. The van der Waals surface area contributed by atoms with Gasteiger partial charge in [-0.05, 0) is 132 Å². The SMILES string of the molecule is CC1(C)C=C2c3cc4[nH]c5c(c4cc3[C@@H](O)[C@@H]2C(C)(C)O1)C[C@@H]1CC[C@@]2(O)C3=C[C@@H](O)C(C(C)(C)O)O[C@H]3CC[C@]2(C)[C@@]51C. The zero-order valence-electron chi connectivity index (χ0n) is 27.4. The average Bonchev–Trinajstić information content (AvgIpc) is 3.50. The molecular weight excluding hydrogens is 554 g/mol. The van der Waals surface area contributed by atoms with E-state index < -0.39 is 46.1 Å². The van der Waals surface area contributed by atoms with Crippen LogP contribution in [0.3, 0.4) is 0 Å². The largest absolute Gasteiger partial charge is 0.388 e. The van der Waals surface area contributed by atoms with E-state index in [1.54, 1.807) is 19.9 Å². The molecule has 0 bridgehead atoms. The maximum atomic E-state index is 12.8. The van der Waals surface area contributed by atoms with E-state index in [9.17, 15) is 20.4 Å². The van der Waals surface area contributed by atoms with Crippen molar-refractivity contribution in [2.24, 2.45) is 17.3 Å². The summed E-state index contributed by atoms with van der Waals surface area (Å²) in [5.74, 6) is 0.248. The van der Waals surface area contributed by atoms with E-state index in [-0.39, 0.29) is 17.4 Å². The number of rotatable bonds is 1. The molecule has 44 heavy (non-hydrogen) atoms. The number of H-pyrrole nitrogens is 1. The fourth-order valence-electron chi connectivity index (χ4n) is 11.2. The highest BCUT2D eigenvalue weighted by molar-refractivity contribution is 5.93. The predicted octanol–water partition coefficient (Wildman–Crippen LogP) is 5.38. The standard InChI is InChI=1S/C37H49NO6/c1-32(2)17-23-19-15-25-20(14-21(19)29(40)28(23)34(5,6)44-32)22-13-18-9-12-37(42)24-16-26(39)31(33(3,4)41)43-27(24)10-11-35(37,7)36(18,8)30(22)38-25/h14-18,26-29,31,38-42H,9-13H2,1-8H3/t18-,26+,27-,28+,29+,31?,35+,36+,37+/m0/s1. The van der Waals surface area contributed by atoms with Crippen LogP contribution in [-0.4, -0.2) is 66.1 Å². The van der Waals surface area contributed by atoms with Gasteiger partial charge in [0, 0.05) is 33.3 Å². The molecule has 0 amide bonds. The molecule has 5 N–H and O–H groups in total. The number of aromatic amines is 1. The highest BCUT2D eigenvalue weighted by Crippen LogP contribution is 2.69. The van der Waals surface area contributed by atoms with E-state index in [1.165, 1.54) is 22.2 Å². The Hall–Kier alpha value is -2.00. The summed E-state index contributed by atoms with van der Waals surface area (Å²) in [4.78, 5) is 3.90. The second-order valence-electron chi connectivity index (χ2n) is 17.0. The van der Waals surface area contributed by atoms with Gasteiger partial charge in [0.1, 0.15) is 12.2 Å². The molecule has 2 aromatic rings. The van der Waals surface area contributed by atoms with Crippen LogP contribution >= 0.6 is 0 Å². The van der Waals surface area contributed by atoms with Gasteiger partial charge in [-0.25, -0.2) is 0 Å². The summed E-state index contributed by atoms with van der Waals surface area (Å²) >= 11 is 0. The minimum Gasteiger partial charge on any atom is -0.388 e. The molecule has 1 unspecified atom stereocenters. The van der Waals surface area contributed by atoms with Gasteiger partial charge in [0.15, 0.2) is 0 Å². The number of hydrogen-bond acceptors (Lipinski definition) is 6. The third-order valence-electron chi connectivity index (χ3n) is 13.2. The Morgan fingerprint density at radius 2 is 1.73 bits per heavy atom. The monoisotopic (exact) mass is 603 g/mol. The summed E-state index contributed by atoms with van der Waals surface area (Å²) in [6, 6.07) is 4.47.